The van der Waals surface area contributed by atoms with Gasteiger partial charge in [0.05, 0.1) is 0 Å². The second-order valence-electron chi connectivity index (χ2n) is 3.56. The van der Waals surface area contributed by atoms with Crippen molar-refractivity contribution in [3.8, 4) is 0 Å². The summed E-state index contributed by atoms with van der Waals surface area (Å²) < 4.78 is 13.3. The number of rotatable bonds is 5. The van der Waals surface area contributed by atoms with Crippen molar-refractivity contribution in [2.75, 3.05) is 7.05 Å². The summed E-state index contributed by atoms with van der Waals surface area (Å²) >= 11 is 0. The molecule has 0 amide bonds. The molecule has 0 atom stereocenters. The smallest absolute Gasteiger partial charge is 0.126 e. The lowest BCUT2D eigenvalue weighted by Gasteiger charge is -2.05. The van der Waals surface area contributed by atoms with Gasteiger partial charge in [0, 0.05) is 6.54 Å². The third kappa shape index (κ3) is 3.11. The van der Waals surface area contributed by atoms with Crippen LogP contribution in [0.5, 0.6) is 0 Å². The molecule has 14 heavy (non-hydrogen) atoms. The number of hydrogen-bond donors (Lipinski definition) is 1. The molecule has 78 valence electrons. The van der Waals surface area contributed by atoms with E-state index in [0.29, 0.717) is 0 Å². The van der Waals surface area contributed by atoms with E-state index in [4.69, 9.17) is 0 Å². The van der Waals surface area contributed by atoms with Gasteiger partial charge in [-0.1, -0.05) is 25.5 Å². The fourth-order valence-corrected chi connectivity index (χ4v) is 1.50. The summed E-state index contributed by atoms with van der Waals surface area (Å²) in [6.45, 7) is 2.93. The molecular weight excluding hydrogens is 177 g/mol. The van der Waals surface area contributed by atoms with E-state index in [2.05, 4.69) is 12.2 Å². The van der Waals surface area contributed by atoms with Crippen molar-refractivity contribution in [1.29, 1.82) is 0 Å². The van der Waals surface area contributed by atoms with Crippen LogP contribution < -0.4 is 5.32 Å². The fraction of sp³-hybridized carbons (Fsp3) is 0.500. The zero-order valence-corrected chi connectivity index (χ0v) is 8.94. The van der Waals surface area contributed by atoms with Crippen LogP contribution in [0.25, 0.3) is 0 Å². The highest BCUT2D eigenvalue weighted by atomic mass is 19.1. The largest absolute Gasteiger partial charge is 0.316 e. The lowest BCUT2D eigenvalue weighted by Crippen LogP contribution is -2.05. The summed E-state index contributed by atoms with van der Waals surface area (Å²) in [7, 11) is 1.90. The van der Waals surface area contributed by atoms with Gasteiger partial charge in [-0.05, 0) is 37.1 Å². The molecule has 1 rings (SSSR count). The molecule has 0 saturated carbocycles. The Balaban J connectivity index is 2.74. The van der Waals surface area contributed by atoms with Crippen molar-refractivity contribution in [2.24, 2.45) is 0 Å². The van der Waals surface area contributed by atoms with Crippen LogP contribution in [0.4, 0.5) is 4.39 Å². The van der Waals surface area contributed by atoms with Crippen LogP contribution in [0.15, 0.2) is 18.2 Å². The van der Waals surface area contributed by atoms with Crippen LogP contribution in [0.3, 0.4) is 0 Å². The van der Waals surface area contributed by atoms with Crippen LogP contribution in [0.1, 0.15) is 30.9 Å². The molecule has 0 bridgehead atoms. The first-order valence-electron chi connectivity index (χ1n) is 5.19. The van der Waals surface area contributed by atoms with E-state index in [1.807, 2.05) is 19.2 Å². The lowest BCUT2D eigenvalue weighted by atomic mass is 10.0. The molecule has 0 unspecified atom stereocenters. The molecule has 0 saturated heterocycles. The molecule has 1 nitrogen and oxygen atoms in total. The van der Waals surface area contributed by atoms with Gasteiger partial charge in [0.1, 0.15) is 5.82 Å². The van der Waals surface area contributed by atoms with E-state index in [9.17, 15) is 4.39 Å². The number of aryl methyl sites for hydroxylation is 1. The Kier molecular flexibility index (Phi) is 4.60. The standard InChI is InChI=1S/C12H18FN/c1-3-4-5-11-8-10(9-14-2)6-7-12(11)13/h6-8,14H,3-5,9H2,1-2H3. The van der Waals surface area contributed by atoms with Crippen LogP contribution >= 0.6 is 0 Å². The number of unbranched alkanes of at least 4 members (excludes halogenated alkanes) is 1. The Labute approximate surface area is 85.3 Å². The third-order valence-electron chi connectivity index (χ3n) is 2.29. The molecular formula is C12H18FN. The summed E-state index contributed by atoms with van der Waals surface area (Å²) in [5.74, 6) is -0.0710. The van der Waals surface area contributed by atoms with E-state index in [0.717, 1.165) is 36.9 Å². The van der Waals surface area contributed by atoms with Crippen LogP contribution in [0, 0.1) is 5.82 Å². The fourth-order valence-electron chi connectivity index (χ4n) is 1.50. The zero-order chi connectivity index (χ0) is 10.4. The van der Waals surface area contributed by atoms with Gasteiger partial charge in [0.15, 0.2) is 0 Å². The molecule has 0 aliphatic rings. The minimum Gasteiger partial charge on any atom is -0.316 e. The predicted octanol–water partition coefficient (Wildman–Crippen LogP) is 2.89. The molecule has 0 radical (unpaired) electrons. The van der Waals surface area contributed by atoms with E-state index in [1.165, 1.54) is 0 Å². The van der Waals surface area contributed by atoms with E-state index in [-0.39, 0.29) is 5.82 Å². The Morgan fingerprint density at radius 3 is 2.79 bits per heavy atom. The molecule has 0 aromatic heterocycles. The van der Waals surface area contributed by atoms with Gasteiger partial charge >= 0.3 is 0 Å². The van der Waals surface area contributed by atoms with Crippen LogP contribution in [-0.4, -0.2) is 7.05 Å². The molecule has 0 fully saturated rings. The quantitative estimate of drug-likeness (QED) is 0.761. The molecule has 1 N–H and O–H groups in total. The van der Waals surface area contributed by atoms with Gasteiger partial charge < -0.3 is 5.32 Å². The van der Waals surface area contributed by atoms with Crippen molar-refractivity contribution in [3.63, 3.8) is 0 Å². The number of benzene rings is 1. The van der Waals surface area contributed by atoms with Gasteiger partial charge in [-0.15, -0.1) is 0 Å². The zero-order valence-electron chi connectivity index (χ0n) is 8.94. The minimum absolute atomic E-state index is 0.0710. The molecule has 0 heterocycles. The highest BCUT2D eigenvalue weighted by Crippen LogP contribution is 2.13. The monoisotopic (exact) mass is 195 g/mol. The Morgan fingerprint density at radius 2 is 2.14 bits per heavy atom. The molecule has 1 aromatic carbocycles. The normalized spacial score (nSPS) is 10.5. The van der Waals surface area contributed by atoms with Crippen molar-refractivity contribution in [1.82, 2.24) is 5.32 Å². The first-order chi connectivity index (χ1) is 6.77. The van der Waals surface area contributed by atoms with Crippen molar-refractivity contribution >= 4 is 0 Å². The maximum absolute atomic E-state index is 13.3. The number of halogens is 1. The van der Waals surface area contributed by atoms with Crippen LogP contribution in [0.2, 0.25) is 0 Å². The topological polar surface area (TPSA) is 12.0 Å². The summed E-state index contributed by atoms with van der Waals surface area (Å²) in [6, 6.07) is 5.36. The van der Waals surface area contributed by atoms with Crippen molar-refractivity contribution < 1.29 is 4.39 Å². The third-order valence-corrected chi connectivity index (χ3v) is 2.29. The predicted molar refractivity (Wildman–Crippen MR) is 57.8 cm³/mol. The minimum atomic E-state index is -0.0710. The average molecular weight is 195 g/mol. The van der Waals surface area contributed by atoms with E-state index < -0.39 is 0 Å². The average Bonchev–Trinajstić information content (AvgIpc) is 2.19. The summed E-state index contributed by atoms with van der Waals surface area (Å²) in [6.07, 6.45) is 3.01. The van der Waals surface area contributed by atoms with Crippen molar-refractivity contribution in [2.45, 2.75) is 32.7 Å². The molecule has 2 heteroatoms. The van der Waals surface area contributed by atoms with E-state index in [1.54, 1.807) is 6.07 Å². The van der Waals surface area contributed by atoms with Gasteiger partial charge in [0.25, 0.3) is 0 Å². The second-order valence-corrected chi connectivity index (χ2v) is 3.56. The lowest BCUT2D eigenvalue weighted by molar-refractivity contribution is 0.601. The van der Waals surface area contributed by atoms with Gasteiger partial charge in [-0.25, -0.2) is 4.39 Å². The molecule has 0 spiro atoms. The van der Waals surface area contributed by atoms with E-state index >= 15 is 0 Å². The van der Waals surface area contributed by atoms with Crippen molar-refractivity contribution in [3.05, 3.63) is 35.1 Å². The number of hydrogen-bond acceptors (Lipinski definition) is 1. The molecule has 0 aliphatic heterocycles. The second kappa shape index (κ2) is 5.76. The van der Waals surface area contributed by atoms with Crippen LogP contribution in [-0.2, 0) is 13.0 Å². The summed E-state index contributed by atoms with van der Waals surface area (Å²) in [4.78, 5) is 0. The Hall–Kier alpha value is -0.890. The maximum atomic E-state index is 13.3. The first kappa shape index (κ1) is 11.2. The molecule has 1 aromatic rings. The highest BCUT2D eigenvalue weighted by molar-refractivity contribution is 5.25. The Bertz CT molecular complexity index is 284. The maximum Gasteiger partial charge on any atom is 0.126 e. The Morgan fingerprint density at radius 1 is 1.36 bits per heavy atom. The number of nitrogens with one attached hydrogen (secondary N) is 1. The van der Waals surface area contributed by atoms with Gasteiger partial charge in [-0.3, -0.25) is 0 Å². The first-order valence-corrected chi connectivity index (χ1v) is 5.19. The highest BCUT2D eigenvalue weighted by Gasteiger charge is 2.02. The van der Waals surface area contributed by atoms with Gasteiger partial charge in [-0.2, -0.15) is 0 Å². The SMILES string of the molecule is CCCCc1cc(CNC)ccc1F. The summed E-state index contributed by atoms with van der Waals surface area (Å²) in [5, 5.41) is 3.06. The summed E-state index contributed by atoms with van der Waals surface area (Å²) in [5.41, 5.74) is 2.00. The van der Waals surface area contributed by atoms with Gasteiger partial charge in [0.2, 0.25) is 0 Å². The molecule has 0 aliphatic carbocycles.